The van der Waals surface area contributed by atoms with Gasteiger partial charge in [-0.1, -0.05) is 47.7 Å². The van der Waals surface area contributed by atoms with Crippen molar-refractivity contribution < 1.29 is 4.79 Å². The van der Waals surface area contributed by atoms with E-state index in [4.69, 9.17) is 0 Å². The molecule has 17 heavy (non-hydrogen) atoms. The molecule has 0 aliphatic carbocycles. The normalized spacial score (nSPS) is 9.94. The predicted molar refractivity (Wildman–Crippen MR) is 71.1 cm³/mol. The second kappa shape index (κ2) is 4.93. The van der Waals surface area contributed by atoms with E-state index in [1.165, 1.54) is 23.0 Å². The molecule has 4 heteroatoms. The van der Waals surface area contributed by atoms with Gasteiger partial charge in [-0.2, -0.15) is 0 Å². The van der Waals surface area contributed by atoms with Crippen LogP contribution in [0.1, 0.15) is 5.56 Å². The molecule has 1 aromatic carbocycles. The molecule has 1 amide bonds. The monoisotopic (exact) mass is 244 g/mol. The Balaban J connectivity index is 2.23. The van der Waals surface area contributed by atoms with Gasteiger partial charge >= 0.3 is 0 Å². The van der Waals surface area contributed by atoms with Crippen molar-refractivity contribution in [2.45, 2.75) is 6.92 Å². The van der Waals surface area contributed by atoms with Crippen LogP contribution in [-0.4, -0.2) is 10.9 Å². The fourth-order valence-electron chi connectivity index (χ4n) is 1.42. The summed E-state index contributed by atoms with van der Waals surface area (Å²) in [6.07, 6.45) is 2.99. The lowest BCUT2D eigenvalue weighted by molar-refractivity contribution is -0.111. The first-order valence-electron chi connectivity index (χ1n) is 5.15. The van der Waals surface area contributed by atoms with Crippen molar-refractivity contribution in [1.29, 1.82) is 0 Å². The molecule has 86 valence electrons. The number of benzene rings is 1. The van der Waals surface area contributed by atoms with Gasteiger partial charge < -0.3 is 0 Å². The van der Waals surface area contributed by atoms with Gasteiger partial charge in [0.15, 0.2) is 5.13 Å². The number of hydrogen-bond acceptors (Lipinski definition) is 3. The van der Waals surface area contributed by atoms with Crippen molar-refractivity contribution in [3.63, 3.8) is 0 Å². The second-order valence-electron chi connectivity index (χ2n) is 3.59. The summed E-state index contributed by atoms with van der Waals surface area (Å²) < 4.78 is 0. The third-order valence-electron chi connectivity index (χ3n) is 2.22. The molecule has 1 heterocycles. The van der Waals surface area contributed by atoms with Gasteiger partial charge in [-0.25, -0.2) is 4.98 Å². The smallest absolute Gasteiger partial charge is 0.249 e. The SMILES string of the molecule is C=CC(=O)Nc1ncc(-c2cccc(C)c2)s1. The van der Waals surface area contributed by atoms with Crippen LogP contribution in [-0.2, 0) is 4.79 Å². The Kier molecular flexibility index (Phi) is 3.35. The van der Waals surface area contributed by atoms with E-state index in [0.29, 0.717) is 5.13 Å². The van der Waals surface area contributed by atoms with E-state index in [2.05, 4.69) is 22.9 Å². The van der Waals surface area contributed by atoms with E-state index in [0.717, 1.165) is 10.4 Å². The first-order valence-corrected chi connectivity index (χ1v) is 5.97. The molecule has 2 rings (SSSR count). The van der Waals surface area contributed by atoms with E-state index in [1.807, 2.05) is 25.1 Å². The number of aryl methyl sites for hydroxylation is 1. The lowest BCUT2D eigenvalue weighted by atomic mass is 10.1. The zero-order valence-electron chi connectivity index (χ0n) is 9.43. The first kappa shape index (κ1) is 11.5. The van der Waals surface area contributed by atoms with Crippen LogP contribution >= 0.6 is 11.3 Å². The van der Waals surface area contributed by atoms with Crippen LogP contribution in [0.3, 0.4) is 0 Å². The molecule has 0 bridgehead atoms. The number of aromatic nitrogens is 1. The third kappa shape index (κ3) is 2.79. The molecular weight excluding hydrogens is 232 g/mol. The van der Waals surface area contributed by atoms with Gasteiger partial charge in [-0.3, -0.25) is 10.1 Å². The van der Waals surface area contributed by atoms with Gasteiger partial charge in [-0.05, 0) is 18.6 Å². The predicted octanol–water partition coefficient (Wildman–Crippen LogP) is 3.24. The summed E-state index contributed by atoms with van der Waals surface area (Å²) in [5.41, 5.74) is 2.31. The van der Waals surface area contributed by atoms with Gasteiger partial charge in [-0.15, -0.1) is 0 Å². The van der Waals surface area contributed by atoms with Crippen molar-refractivity contribution in [3.05, 3.63) is 48.7 Å². The maximum Gasteiger partial charge on any atom is 0.249 e. The average Bonchev–Trinajstić information content (AvgIpc) is 2.77. The lowest BCUT2D eigenvalue weighted by Gasteiger charge is -1.97. The van der Waals surface area contributed by atoms with E-state index in [-0.39, 0.29) is 5.91 Å². The van der Waals surface area contributed by atoms with Gasteiger partial charge in [0.2, 0.25) is 5.91 Å². The van der Waals surface area contributed by atoms with Crippen LogP contribution in [0, 0.1) is 6.92 Å². The summed E-state index contributed by atoms with van der Waals surface area (Å²) >= 11 is 1.45. The van der Waals surface area contributed by atoms with Crippen LogP contribution < -0.4 is 5.32 Å². The van der Waals surface area contributed by atoms with E-state index < -0.39 is 0 Å². The van der Waals surface area contributed by atoms with Crippen LogP contribution in [0.4, 0.5) is 5.13 Å². The number of thiazole rings is 1. The summed E-state index contributed by atoms with van der Waals surface area (Å²) in [6, 6.07) is 8.17. The number of rotatable bonds is 3. The molecule has 0 spiro atoms. The van der Waals surface area contributed by atoms with Crippen LogP contribution in [0.2, 0.25) is 0 Å². The number of hydrogen-bond donors (Lipinski definition) is 1. The summed E-state index contributed by atoms with van der Waals surface area (Å²) in [5.74, 6) is -0.241. The van der Waals surface area contributed by atoms with Crippen LogP contribution in [0.25, 0.3) is 10.4 Å². The Morgan fingerprint density at radius 1 is 1.53 bits per heavy atom. The molecule has 0 atom stereocenters. The maximum absolute atomic E-state index is 11.1. The number of amides is 1. The zero-order chi connectivity index (χ0) is 12.3. The lowest BCUT2D eigenvalue weighted by Crippen LogP contribution is -2.06. The molecule has 1 N–H and O–H groups in total. The van der Waals surface area contributed by atoms with E-state index in [9.17, 15) is 4.79 Å². The molecule has 0 saturated carbocycles. The highest BCUT2D eigenvalue weighted by atomic mass is 32.1. The Bertz CT molecular complexity index is 560. The molecule has 0 radical (unpaired) electrons. The Hall–Kier alpha value is -1.94. The van der Waals surface area contributed by atoms with Gasteiger partial charge in [0, 0.05) is 6.20 Å². The minimum atomic E-state index is -0.241. The summed E-state index contributed by atoms with van der Waals surface area (Å²) in [6.45, 7) is 5.44. The first-order chi connectivity index (χ1) is 8.19. The van der Waals surface area contributed by atoms with E-state index >= 15 is 0 Å². The average molecular weight is 244 g/mol. The van der Waals surface area contributed by atoms with Crippen molar-refractivity contribution in [2.75, 3.05) is 5.32 Å². The molecule has 0 saturated heterocycles. The standard InChI is InChI=1S/C13H12N2OS/c1-3-12(16)15-13-14-8-11(17-13)10-6-4-5-9(2)7-10/h3-8H,1H2,2H3,(H,14,15,16). The number of carbonyl (C=O) groups is 1. The molecule has 0 aliphatic rings. The number of nitrogens with one attached hydrogen (secondary N) is 1. The molecule has 1 aromatic heterocycles. The fourth-order valence-corrected chi connectivity index (χ4v) is 2.24. The van der Waals surface area contributed by atoms with Crippen molar-refractivity contribution >= 4 is 22.4 Å². The van der Waals surface area contributed by atoms with Crippen LogP contribution in [0.15, 0.2) is 43.1 Å². The van der Waals surface area contributed by atoms with Crippen molar-refractivity contribution in [3.8, 4) is 10.4 Å². The quantitative estimate of drug-likeness (QED) is 0.842. The highest BCUT2D eigenvalue weighted by molar-refractivity contribution is 7.19. The molecule has 0 fully saturated rings. The number of carbonyl (C=O) groups excluding carboxylic acids is 1. The number of nitrogens with zero attached hydrogens (tertiary/aromatic N) is 1. The molecular formula is C13H12N2OS. The maximum atomic E-state index is 11.1. The summed E-state index contributed by atoms with van der Waals surface area (Å²) in [7, 11) is 0. The van der Waals surface area contributed by atoms with Crippen molar-refractivity contribution in [2.24, 2.45) is 0 Å². The van der Waals surface area contributed by atoms with Gasteiger partial charge in [0.1, 0.15) is 0 Å². The summed E-state index contributed by atoms with van der Waals surface area (Å²) in [5, 5.41) is 3.24. The van der Waals surface area contributed by atoms with E-state index in [1.54, 1.807) is 6.20 Å². The largest absolute Gasteiger partial charge is 0.298 e. The van der Waals surface area contributed by atoms with Crippen molar-refractivity contribution in [1.82, 2.24) is 4.98 Å². The zero-order valence-corrected chi connectivity index (χ0v) is 10.3. The molecule has 3 nitrogen and oxygen atoms in total. The highest BCUT2D eigenvalue weighted by Crippen LogP contribution is 2.29. The molecule has 2 aromatic rings. The topological polar surface area (TPSA) is 42.0 Å². The fraction of sp³-hybridized carbons (Fsp3) is 0.0769. The van der Waals surface area contributed by atoms with Gasteiger partial charge in [0.25, 0.3) is 0 Å². The van der Waals surface area contributed by atoms with Crippen LogP contribution in [0.5, 0.6) is 0 Å². The Labute approximate surface area is 104 Å². The molecule has 0 aliphatic heterocycles. The number of anilines is 1. The Morgan fingerprint density at radius 2 is 2.35 bits per heavy atom. The minimum Gasteiger partial charge on any atom is -0.298 e. The van der Waals surface area contributed by atoms with Gasteiger partial charge in [0.05, 0.1) is 4.88 Å². The second-order valence-corrected chi connectivity index (χ2v) is 4.62. The molecule has 0 unspecified atom stereocenters. The third-order valence-corrected chi connectivity index (χ3v) is 3.19. The highest BCUT2D eigenvalue weighted by Gasteiger charge is 2.05. The Morgan fingerprint density at radius 3 is 3.06 bits per heavy atom. The minimum absolute atomic E-state index is 0.241. The summed E-state index contributed by atoms with van der Waals surface area (Å²) in [4.78, 5) is 16.3.